The second-order valence-corrected chi connectivity index (χ2v) is 5.50. The summed E-state index contributed by atoms with van der Waals surface area (Å²) < 4.78 is 15.2. The highest BCUT2D eigenvalue weighted by Gasteiger charge is 2.48. The Morgan fingerprint density at radius 1 is 1.25 bits per heavy atom. The molecular formula is C15H23NO8. The van der Waals surface area contributed by atoms with Crippen LogP contribution < -0.4 is 5.32 Å². The van der Waals surface area contributed by atoms with Crippen LogP contribution in [0, 0.1) is 5.92 Å². The van der Waals surface area contributed by atoms with E-state index in [-0.39, 0.29) is 18.9 Å². The maximum atomic E-state index is 11.8. The summed E-state index contributed by atoms with van der Waals surface area (Å²) in [6, 6.07) is -1.07. The van der Waals surface area contributed by atoms with E-state index in [1.54, 1.807) is 6.92 Å². The predicted molar refractivity (Wildman–Crippen MR) is 79.5 cm³/mol. The molecule has 1 aliphatic rings. The molecule has 24 heavy (non-hydrogen) atoms. The Kier molecular flexibility index (Phi) is 7.80. The van der Waals surface area contributed by atoms with Gasteiger partial charge in [0.2, 0.25) is 5.91 Å². The summed E-state index contributed by atoms with van der Waals surface area (Å²) in [5.74, 6) is -2.66. The Labute approximate surface area is 139 Å². The lowest BCUT2D eigenvalue weighted by atomic mass is 9.88. The number of nitrogens with one attached hydrogen (secondary N) is 1. The number of esters is 2. The van der Waals surface area contributed by atoms with Crippen molar-refractivity contribution in [3.05, 3.63) is 0 Å². The van der Waals surface area contributed by atoms with Crippen LogP contribution in [0.1, 0.15) is 33.6 Å². The minimum Gasteiger partial charge on any atom is -0.463 e. The molecule has 1 saturated heterocycles. The minimum atomic E-state index is -1.51. The van der Waals surface area contributed by atoms with Crippen molar-refractivity contribution < 1.29 is 38.5 Å². The predicted octanol–water partition coefficient (Wildman–Crippen LogP) is -0.702. The Morgan fingerprint density at radius 3 is 2.42 bits per heavy atom. The zero-order chi connectivity index (χ0) is 18.3. The largest absolute Gasteiger partial charge is 0.463 e. The van der Waals surface area contributed by atoms with Crippen molar-refractivity contribution >= 4 is 24.1 Å². The fourth-order valence-corrected chi connectivity index (χ4v) is 2.48. The molecule has 0 radical (unpaired) electrons. The van der Waals surface area contributed by atoms with E-state index in [1.807, 2.05) is 0 Å². The number of aliphatic hydroxyl groups excluding tert-OH is 1. The van der Waals surface area contributed by atoms with E-state index >= 15 is 0 Å². The van der Waals surface area contributed by atoms with Crippen LogP contribution in [-0.4, -0.2) is 60.4 Å². The fraction of sp³-hybridized carbons (Fsp3) is 0.733. The lowest BCUT2D eigenvalue weighted by Crippen LogP contribution is -2.62. The first-order valence-electron chi connectivity index (χ1n) is 7.68. The molecule has 1 heterocycles. The smallest absolute Gasteiger partial charge is 0.303 e. The van der Waals surface area contributed by atoms with Crippen molar-refractivity contribution in [2.45, 2.75) is 58.2 Å². The maximum absolute atomic E-state index is 11.8. The fourth-order valence-electron chi connectivity index (χ4n) is 2.48. The number of carbonyl (C=O) groups is 4. The summed E-state index contributed by atoms with van der Waals surface area (Å²) in [6.45, 7) is 3.84. The summed E-state index contributed by atoms with van der Waals surface area (Å²) in [6.07, 6.45) is -2.35. The van der Waals surface area contributed by atoms with Crippen LogP contribution in [-0.2, 0) is 33.4 Å². The number of ether oxygens (including phenoxy) is 3. The van der Waals surface area contributed by atoms with Gasteiger partial charge in [-0.3, -0.25) is 14.4 Å². The molecule has 0 aliphatic carbocycles. The van der Waals surface area contributed by atoms with Gasteiger partial charge in [-0.15, -0.1) is 0 Å². The van der Waals surface area contributed by atoms with E-state index in [0.717, 1.165) is 6.92 Å². The molecule has 5 atom stereocenters. The molecule has 1 fully saturated rings. The number of rotatable bonds is 7. The van der Waals surface area contributed by atoms with Gasteiger partial charge in [0.25, 0.3) is 0 Å². The van der Waals surface area contributed by atoms with Crippen LogP contribution in [0.4, 0.5) is 0 Å². The lowest BCUT2D eigenvalue weighted by Gasteiger charge is -2.42. The van der Waals surface area contributed by atoms with Crippen molar-refractivity contribution in [3.63, 3.8) is 0 Å². The second kappa shape index (κ2) is 9.33. The summed E-state index contributed by atoms with van der Waals surface area (Å²) in [4.78, 5) is 45.6. The van der Waals surface area contributed by atoms with Gasteiger partial charge in [0.15, 0.2) is 6.29 Å². The maximum Gasteiger partial charge on any atom is 0.303 e. The third kappa shape index (κ3) is 5.57. The van der Waals surface area contributed by atoms with Gasteiger partial charge >= 0.3 is 11.9 Å². The van der Waals surface area contributed by atoms with E-state index in [1.165, 1.54) is 6.92 Å². The number of hydrogen-bond acceptors (Lipinski definition) is 8. The zero-order valence-corrected chi connectivity index (χ0v) is 13.9. The molecule has 9 heteroatoms. The standard InChI is InChI=1S/C15H23NO8/c1-4-5-12(20)16-13-10(6-17)14(23-9(3)19)11(24-15(13)21)7-22-8(2)18/h6,10-11,13-15,21H,4-5,7H2,1-3H3,(H,16,20)/t10?,11?,13?,14-,15+/m0/s1. The van der Waals surface area contributed by atoms with E-state index in [4.69, 9.17) is 14.2 Å². The first-order chi connectivity index (χ1) is 11.3. The van der Waals surface area contributed by atoms with Crippen LogP contribution in [0.3, 0.4) is 0 Å². The molecule has 2 N–H and O–H groups in total. The zero-order valence-electron chi connectivity index (χ0n) is 13.9. The highest BCUT2D eigenvalue weighted by atomic mass is 16.7. The Morgan fingerprint density at radius 2 is 1.92 bits per heavy atom. The molecule has 136 valence electrons. The van der Waals surface area contributed by atoms with Crippen LogP contribution >= 0.6 is 0 Å². The van der Waals surface area contributed by atoms with Gasteiger partial charge in [-0.05, 0) is 6.42 Å². The van der Waals surface area contributed by atoms with Crippen molar-refractivity contribution in [1.29, 1.82) is 0 Å². The van der Waals surface area contributed by atoms with E-state index < -0.39 is 42.4 Å². The lowest BCUT2D eigenvalue weighted by molar-refractivity contribution is -0.244. The van der Waals surface area contributed by atoms with Crippen LogP contribution in [0.2, 0.25) is 0 Å². The molecular weight excluding hydrogens is 322 g/mol. The quantitative estimate of drug-likeness (QED) is 0.458. The summed E-state index contributed by atoms with van der Waals surface area (Å²) in [5, 5.41) is 12.6. The number of hydrogen-bond donors (Lipinski definition) is 2. The summed E-state index contributed by atoms with van der Waals surface area (Å²) in [5.41, 5.74) is 0. The number of aldehydes is 1. The number of carbonyl (C=O) groups excluding carboxylic acids is 4. The van der Waals surface area contributed by atoms with E-state index in [9.17, 15) is 24.3 Å². The normalized spacial score (nSPS) is 29.4. The molecule has 1 aliphatic heterocycles. The third-order valence-electron chi connectivity index (χ3n) is 3.50. The van der Waals surface area contributed by atoms with Gasteiger partial charge in [-0.1, -0.05) is 6.92 Å². The number of amides is 1. The Hall–Kier alpha value is -2.00. The van der Waals surface area contributed by atoms with Crippen LogP contribution in [0.5, 0.6) is 0 Å². The van der Waals surface area contributed by atoms with E-state index in [2.05, 4.69) is 5.32 Å². The molecule has 9 nitrogen and oxygen atoms in total. The molecule has 0 spiro atoms. The molecule has 1 amide bonds. The Bertz CT molecular complexity index is 480. The van der Waals surface area contributed by atoms with Gasteiger partial charge < -0.3 is 29.4 Å². The van der Waals surface area contributed by atoms with Gasteiger partial charge in [-0.2, -0.15) is 0 Å². The first kappa shape index (κ1) is 20.0. The first-order valence-corrected chi connectivity index (χ1v) is 7.68. The van der Waals surface area contributed by atoms with Gasteiger partial charge in [0, 0.05) is 20.3 Å². The average Bonchev–Trinajstić information content (AvgIpc) is 2.48. The molecule has 3 unspecified atom stereocenters. The highest BCUT2D eigenvalue weighted by molar-refractivity contribution is 5.77. The summed E-state index contributed by atoms with van der Waals surface area (Å²) >= 11 is 0. The molecule has 0 aromatic rings. The number of aliphatic hydroxyl groups is 1. The SMILES string of the molecule is CCCC(=O)NC1C(C=O)[C@H](OC(C)=O)C(COC(C)=O)O[C@H]1O. The second-order valence-electron chi connectivity index (χ2n) is 5.50. The molecule has 1 rings (SSSR count). The summed E-state index contributed by atoms with van der Waals surface area (Å²) in [7, 11) is 0. The average molecular weight is 345 g/mol. The van der Waals surface area contributed by atoms with Gasteiger partial charge in [0.05, 0.1) is 12.0 Å². The van der Waals surface area contributed by atoms with Crippen LogP contribution in [0.25, 0.3) is 0 Å². The topological polar surface area (TPSA) is 128 Å². The molecule has 0 aromatic heterocycles. The van der Waals surface area contributed by atoms with Crippen molar-refractivity contribution in [3.8, 4) is 0 Å². The minimum absolute atomic E-state index is 0.212. The van der Waals surface area contributed by atoms with Gasteiger partial charge in [0.1, 0.15) is 25.1 Å². The van der Waals surface area contributed by atoms with Crippen molar-refractivity contribution in [2.24, 2.45) is 5.92 Å². The van der Waals surface area contributed by atoms with E-state index in [0.29, 0.717) is 12.7 Å². The van der Waals surface area contributed by atoms with Crippen LogP contribution in [0.15, 0.2) is 0 Å². The highest BCUT2D eigenvalue weighted by Crippen LogP contribution is 2.27. The van der Waals surface area contributed by atoms with Crippen molar-refractivity contribution in [2.75, 3.05) is 6.61 Å². The van der Waals surface area contributed by atoms with Crippen molar-refractivity contribution in [1.82, 2.24) is 5.32 Å². The van der Waals surface area contributed by atoms with Gasteiger partial charge in [-0.25, -0.2) is 0 Å². The monoisotopic (exact) mass is 345 g/mol. The molecule has 0 bridgehead atoms. The molecule has 0 aromatic carbocycles. The Balaban J connectivity index is 2.97. The molecule has 0 saturated carbocycles. The third-order valence-corrected chi connectivity index (χ3v) is 3.50.